The standard InChI is InChI=1S/C26H32N2O7/c1-27(2)12-7-13-28-23(16-8-10-18(32-3)20(14-16)34-5)22(25(30)26(28)31)24(29)17-9-11-19(33-4)21(15-17)35-6/h8-11,14-15,23,29H,7,12-13H2,1-6H3. The number of carbonyl (C=O) groups excluding carboxylic acids is 2. The van der Waals surface area contributed by atoms with E-state index >= 15 is 0 Å². The van der Waals surface area contributed by atoms with E-state index < -0.39 is 23.5 Å². The Hall–Kier alpha value is -3.72. The molecule has 2 aromatic rings. The zero-order valence-corrected chi connectivity index (χ0v) is 21.0. The van der Waals surface area contributed by atoms with Gasteiger partial charge in [0.05, 0.1) is 55.1 Å². The molecular weight excluding hydrogens is 452 g/mol. The smallest absolute Gasteiger partial charge is 0.295 e. The number of methoxy groups -OCH3 is 4. The average Bonchev–Trinajstić information content (AvgIpc) is 3.12. The molecule has 0 radical (unpaired) electrons. The zero-order chi connectivity index (χ0) is 25.7. The van der Waals surface area contributed by atoms with Crippen molar-refractivity contribution in [2.75, 3.05) is 55.6 Å². The van der Waals surface area contributed by atoms with Crippen LogP contribution in [-0.4, -0.2) is 72.2 Å². The van der Waals surface area contributed by atoms with Crippen molar-refractivity contribution in [2.45, 2.75) is 12.5 Å². The summed E-state index contributed by atoms with van der Waals surface area (Å²) in [6.07, 6.45) is 0.670. The molecule has 0 bridgehead atoms. The second-order valence-electron chi connectivity index (χ2n) is 8.47. The van der Waals surface area contributed by atoms with Crippen molar-refractivity contribution < 1.29 is 38.5 Å². The molecule has 0 aliphatic carbocycles. The summed E-state index contributed by atoms with van der Waals surface area (Å²) in [5.41, 5.74) is 0.707. The van der Waals surface area contributed by atoms with Gasteiger partial charge < -0.3 is 33.9 Å². The highest BCUT2D eigenvalue weighted by Gasteiger charge is 2.44. The van der Waals surface area contributed by atoms with E-state index in [0.717, 1.165) is 6.54 Å². The second kappa shape index (κ2) is 11.1. The highest BCUT2D eigenvalue weighted by Crippen LogP contribution is 2.42. The van der Waals surface area contributed by atoms with Gasteiger partial charge in [0.1, 0.15) is 0 Å². The first kappa shape index (κ1) is 25.9. The summed E-state index contributed by atoms with van der Waals surface area (Å²) < 4.78 is 21.3. The van der Waals surface area contributed by atoms with Crippen LogP contribution in [0.5, 0.6) is 23.0 Å². The van der Waals surface area contributed by atoms with Crippen molar-refractivity contribution >= 4 is 17.4 Å². The number of benzene rings is 2. The summed E-state index contributed by atoms with van der Waals surface area (Å²) in [4.78, 5) is 29.0. The summed E-state index contributed by atoms with van der Waals surface area (Å²) in [5.74, 6) is -0.292. The van der Waals surface area contributed by atoms with Crippen LogP contribution in [0.25, 0.3) is 5.76 Å². The van der Waals surface area contributed by atoms with E-state index in [2.05, 4.69) is 0 Å². The molecule has 3 rings (SSSR count). The van der Waals surface area contributed by atoms with Gasteiger partial charge in [-0.25, -0.2) is 0 Å². The van der Waals surface area contributed by atoms with Crippen molar-refractivity contribution in [2.24, 2.45) is 0 Å². The van der Waals surface area contributed by atoms with Crippen LogP contribution >= 0.6 is 0 Å². The molecule has 1 N–H and O–H groups in total. The Morgan fingerprint density at radius 1 is 0.886 bits per heavy atom. The molecule has 1 aliphatic rings. The zero-order valence-electron chi connectivity index (χ0n) is 21.0. The summed E-state index contributed by atoms with van der Waals surface area (Å²) >= 11 is 0. The first-order chi connectivity index (χ1) is 16.8. The Balaban J connectivity index is 2.17. The molecule has 1 saturated heterocycles. The molecule has 9 nitrogen and oxygen atoms in total. The lowest BCUT2D eigenvalue weighted by Crippen LogP contribution is -3.05. The lowest BCUT2D eigenvalue weighted by Gasteiger charge is -2.28. The van der Waals surface area contributed by atoms with Crippen LogP contribution in [0, 0.1) is 0 Å². The molecule has 1 heterocycles. The van der Waals surface area contributed by atoms with Gasteiger partial charge >= 0.3 is 0 Å². The molecule has 1 atom stereocenters. The summed E-state index contributed by atoms with van der Waals surface area (Å²) in [6.45, 7) is 1.13. The average molecular weight is 485 g/mol. The van der Waals surface area contributed by atoms with E-state index in [1.54, 1.807) is 30.3 Å². The molecule has 1 fully saturated rings. The van der Waals surface area contributed by atoms with Crippen LogP contribution < -0.4 is 29.0 Å². The van der Waals surface area contributed by atoms with Crippen molar-refractivity contribution in [1.29, 1.82) is 0 Å². The van der Waals surface area contributed by atoms with E-state index in [1.807, 2.05) is 14.1 Å². The number of carbonyl (C=O) groups is 2. The van der Waals surface area contributed by atoms with Gasteiger partial charge in [-0.3, -0.25) is 9.59 Å². The van der Waals surface area contributed by atoms with Crippen LogP contribution in [0.2, 0.25) is 0 Å². The number of hydrogen-bond acceptors (Lipinski definition) is 7. The predicted octanol–water partition coefficient (Wildman–Crippen LogP) is 0.480. The molecule has 0 aromatic heterocycles. The highest BCUT2D eigenvalue weighted by molar-refractivity contribution is 6.46. The van der Waals surface area contributed by atoms with Gasteiger partial charge in [0.15, 0.2) is 23.0 Å². The summed E-state index contributed by atoms with van der Waals surface area (Å²) in [6, 6.07) is 8.94. The Morgan fingerprint density at radius 3 is 2.03 bits per heavy atom. The van der Waals surface area contributed by atoms with Crippen LogP contribution in [0.3, 0.4) is 0 Å². The maximum absolute atomic E-state index is 13.7. The van der Waals surface area contributed by atoms with Crippen molar-refractivity contribution in [3.63, 3.8) is 0 Å². The third-order valence-corrected chi connectivity index (χ3v) is 5.97. The van der Waals surface area contributed by atoms with Gasteiger partial charge in [-0.2, -0.15) is 0 Å². The van der Waals surface area contributed by atoms with Crippen molar-refractivity contribution in [3.05, 3.63) is 53.1 Å². The quantitative estimate of drug-likeness (QED) is 0.297. The van der Waals surface area contributed by atoms with Crippen molar-refractivity contribution in [3.8, 4) is 23.0 Å². The number of likely N-dealkylation sites (tertiary alicyclic amines) is 1. The van der Waals surface area contributed by atoms with Gasteiger partial charge in [-0.1, -0.05) is 17.9 Å². The topological polar surface area (TPSA) is 102 Å². The minimum Gasteiger partial charge on any atom is -0.872 e. The van der Waals surface area contributed by atoms with Gasteiger partial charge in [-0.05, 0) is 35.4 Å². The fraction of sp³-hybridized carbons (Fsp3) is 0.385. The van der Waals surface area contributed by atoms with Crippen LogP contribution in [0.15, 0.2) is 42.0 Å². The maximum Gasteiger partial charge on any atom is 0.295 e. The Kier molecular flexibility index (Phi) is 8.24. The summed E-state index contributed by atoms with van der Waals surface area (Å²) in [5, 5.41) is 13.7. The Labute approximate surface area is 205 Å². The van der Waals surface area contributed by atoms with Gasteiger partial charge in [-0.15, -0.1) is 0 Å². The molecule has 1 unspecified atom stereocenters. The number of quaternary nitrogens is 1. The number of amides is 1. The maximum atomic E-state index is 13.7. The largest absolute Gasteiger partial charge is 0.872 e. The summed E-state index contributed by atoms with van der Waals surface area (Å²) in [7, 11) is 10.0. The number of hydrogen-bond donors (Lipinski definition) is 1. The number of ketones is 1. The van der Waals surface area contributed by atoms with Gasteiger partial charge in [0.2, 0.25) is 5.78 Å². The molecule has 2 aromatic carbocycles. The number of Topliss-reactive ketones (excluding diaryl/α,β-unsaturated/α-hetero) is 1. The first-order valence-corrected chi connectivity index (χ1v) is 11.3. The highest BCUT2D eigenvalue weighted by atomic mass is 16.5. The Morgan fingerprint density at radius 2 is 1.46 bits per heavy atom. The van der Waals surface area contributed by atoms with Crippen LogP contribution in [0.4, 0.5) is 0 Å². The fourth-order valence-corrected chi connectivity index (χ4v) is 4.21. The normalized spacial score (nSPS) is 17.1. The molecule has 188 valence electrons. The molecular formula is C26H32N2O7. The molecule has 1 aliphatic heterocycles. The van der Waals surface area contributed by atoms with E-state index in [-0.39, 0.29) is 11.1 Å². The van der Waals surface area contributed by atoms with Crippen LogP contribution in [0.1, 0.15) is 23.6 Å². The van der Waals surface area contributed by atoms with Crippen molar-refractivity contribution in [1.82, 2.24) is 4.90 Å². The van der Waals surface area contributed by atoms with Gasteiger partial charge in [0.25, 0.3) is 5.91 Å². The SMILES string of the molecule is COc1ccc(C([O-])=C2C(=O)C(=O)N(CCC[NH+](C)C)C2c2ccc(OC)c(OC)c2)cc1OC. The van der Waals surface area contributed by atoms with E-state index in [0.29, 0.717) is 41.5 Å². The Bertz CT molecular complexity index is 1130. The lowest BCUT2D eigenvalue weighted by atomic mass is 9.94. The predicted molar refractivity (Wildman–Crippen MR) is 128 cm³/mol. The van der Waals surface area contributed by atoms with Crippen LogP contribution in [-0.2, 0) is 9.59 Å². The third-order valence-electron chi connectivity index (χ3n) is 5.97. The number of nitrogens with zero attached hydrogens (tertiary/aromatic N) is 1. The van der Waals surface area contributed by atoms with E-state index in [9.17, 15) is 14.7 Å². The molecule has 0 saturated carbocycles. The van der Waals surface area contributed by atoms with Gasteiger partial charge in [0, 0.05) is 18.5 Å². The molecule has 0 spiro atoms. The monoisotopic (exact) mass is 484 g/mol. The van der Waals surface area contributed by atoms with E-state index in [4.69, 9.17) is 18.9 Å². The molecule has 35 heavy (non-hydrogen) atoms. The second-order valence-corrected chi connectivity index (χ2v) is 8.47. The molecule has 9 heteroatoms. The van der Waals surface area contributed by atoms with E-state index in [1.165, 1.54) is 44.3 Å². The molecule has 1 amide bonds. The third kappa shape index (κ3) is 5.19. The lowest BCUT2D eigenvalue weighted by molar-refractivity contribution is -0.858. The first-order valence-electron chi connectivity index (χ1n) is 11.3. The fourth-order valence-electron chi connectivity index (χ4n) is 4.21. The number of ether oxygens (including phenoxy) is 4. The minimum absolute atomic E-state index is 0.105. The number of rotatable bonds is 10. The minimum atomic E-state index is -0.854. The number of nitrogens with one attached hydrogen (secondary N) is 1.